The van der Waals surface area contributed by atoms with Gasteiger partial charge in [0.25, 0.3) is 0 Å². The van der Waals surface area contributed by atoms with Crippen LogP contribution in [-0.4, -0.2) is 6.10 Å². The van der Waals surface area contributed by atoms with E-state index >= 15 is 0 Å². The van der Waals surface area contributed by atoms with Gasteiger partial charge in [-0.1, -0.05) is 25.0 Å². The molecule has 1 aliphatic carbocycles. The van der Waals surface area contributed by atoms with Crippen LogP contribution in [0.25, 0.3) is 0 Å². The van der Waals surface area contributed by atoms with Gasteiger partial charge in [-0.3, -0.25) is 0 Å². The van der Waals surface area contributed by atoms with Gasteiger partial charge in [-0.15, -0.1) is 0 Å². The number of ether oxygens (including phenoxy) is 1. The smallest absolute Gasteiger partial charge is 0.119 e. The summed E-state index contributed by atoms with van der Waals surface area (Å²) in [5.41, 5.74) is 1.04. The number of hydrogen-bond donors (Lipinski definition) is 0. The van der Waals surface area contributed by atoms with Crippen molar-refractivity contribution >= 4 is 0 Å². The quantitative estimate of drug-likeness (QED) is 0.661. The molecule has 1 heteroatoms. The van der Waals surface area contributed by atoms with Gasteiger partial charge in [0.15, 0.2) is 0 Å². The Labute approximate surface area is 92.5 Å². The Morgan fingerprint density at radius 2 is 1.53 bits per heavy atom. The first-order valence-corrected chi connectivity index (χ1v) is 5.93. The van der Waals surface area contributed by atoms with Crippen LogP contribution in [0.1, 0.15) is 44.1 Å². The average molecular weight is 203 g/mol. The molecular formula is C14H19O. The Hall–Kier alpha value is -0.980. The predicted octanol–water partition coefficient (Wildman–Crippen LogP) is 3.97. The maximum atomic E-state index is 5.96. The second-order valence-electron chi connectivity index (χ2n) is 4.38. The van der Waals surface area contributed by atoms with E-state index in [1.165, 1.54) is 38.5 Å². The first-order valence-electron chi connectivity index (χ1n) is 5.93. The van der Waals surface area contributed by atoms with Crippen LogP contribution >= 0.6 is 0 Å². The third kappa shape index (κ3) is 3.26. The molecule has 1 aromatic carbocycles. The molecule has 0 aliphatic heterocycles. The van der Waals surface area contributed by atoms with Crippen molar-refractivity contribution in [3.05, 3.63) is 36.8 Å². The molecule has 1 fully saturated rings. The van der Waals surface area contributed by atoms with E-state index in [4.69, 9.17) is 4.74 Å². The molecular weight excluding hydrogens is 184 g/mol. The lowest BCUT2D eigenvalue weighted by Crippen LogP contribution is -2.14. The molecule has 0 atom stereocenters. The molecule has 0 bridgehead atoms. The molecule has 1 saturated carbocycles. The zero-order chi connectivity index (χ0) is 10.5. The van der Waals surface area contributed by atoms with Gasteiger partial charge in [0.2, 0.25) is 0 Å². The average Bonchev–Trinajstić information content (AvgIpc) is 2.50. The molecule has 0 amide bonds. The van der Waals surface area contributed by atoms with Gasteiger partial charge in [-0.05, 0) is 50.3 Å². The van der Waals surface area contributed by atoms with Gasteiger partial charge in [0.05, 0.1) is 6.10 Å². The molecule has 0 aromatic heterocycles. The van der Waals surface area contributed by atoms with Crippen LogP contribution in [0.5, 0.6) is 5.75 Å². The van der Waals surface area contributed by atoms with Crippen LogP contribution in [0, 0.1) is 6.92 Å². The first kappa shape index (κ1) is 10.5. The van der Waals surface area contributed by atoms with Crippen molar-refractivity contribution in [3.8, 4) is 5.75 Å². The molecule has 0 heterocycles. The van der Waals surface area contributed by atoms with E-state index in [9.17, 15) is 0 Å². The van der Waals surface area contributed by atoms with E-state index in [1.807, 2.05) is 24.3 Å². The van der Waals surface area contributed by atoms with E-state index in [-0.39, 0.29) is 0 Å². The van der Waals surface area contributed by atoms with Crippen molar-refractivity contribution in [2.75, 3.05) is 0 Å². The standard InChI is InChI=1S/C14H19O/c1-12-8-10-14(11-9-12)15-13-6-4-2-3-5-7-13/h8-11,13H,1-7H2. The second kappa shape index (κ2) is 5.20. The van der Waals surface area contributed by atoms with Gasteiger partial charge >= 0.3 is 0 Å². The maximum absolute atomic E-state index is 5.96. The van der Waals surface area contributed by atoms with Crippen molar-refractivity contribution in [1.29, 1.82) is 0 Å². The highest BCUT2D eigenvalue weighted by Crippen LogP contribution is 2.22. The van der Waals surface area contributed by atoms with Crippen molar-refractivity contribution in [3.63, 3.8) is 0 Å². The van der Waals surface area contributed by atoms with Gasteiger partial charge in [0, 0.05) is 0 Å². The fourth-order valence-corrected chi connectivity index (χ4v) is 2.12. The monoisotopic (exact) mass is 203 g/mol. The minimum Gasteiger partial charge on any atom is -0.490 e. The summed E-state index contributed by atoms with van der Waals surface area (Å²) in [7, 11) is 0. The number of benzene rings is 1. The summed E-state index contributed by atoms with van der Waals surface area (Å²) in [5.74, 6) is 0.995. The third-order valence-electron chi connectivity index (χ3n) is 3.03. The minimum atomic E-state index is 0.433. The van der Waals surface area contributed by atoms with Crippen LogP contribution < -0.4 is 4.74 Å². The summed E-state index contributed by atoms with van der Waals surface area (Å²) >= 11 is 0. The largest absolute Gasteiger partial charge is 0.490 e. The lowest BCUT2D eigenvalue weighted by Gasteiger charge is -2.16. The van der Waals surface area contributed by atoms with Crippen molar-refractivity contribution in [1.82, 2.24) is 0 Å². The van der Waals surface area contributed by atoms with Crippen LogP contribution in [0.3, 0.4) is 0 Å². The Bertz CT molecular complexity index is 281. The van der Waals surface area contributed by atoms with Crippen LogP contribution in [-0.2, 0) is 0 Å². The minimum absolute atomic E-state index is 0.433. The van der Waals surface area contributed by atoms with E-state index in [2.05, 4.69) is 6.92 Å². The Balaban J connectivity index is 1.92. The summed E-state index contributed by atoms with van der Waals surface area (Å²) < 4.78 is 5.96. The molecule has 81 valence electrons. The molecule has 1 aliphatic rings. The van der Waals surface area contributed by atoms with E-state index < -0.39 is 0 Å². The van der Waals surface area contributed by atoms with Gasteiger partial charge in [-0.2, -0.15) is 0 Å². The topological polar surface area (TPSA) is 9.23 Å². The van der Waals surface area contributed by atoms with E-state index in [0.717, 1.165) is 11.3 Å². The number of rotatable bonds is 2. The molecule has 15 heavy (non-hydrogen) atoms. The summed E-state index contributed by atoms with van der Waals surface area (Å²) in [6.07, 6.45) is 8.24. The zero-order valence-corrected chi connectivity index (χ0v) is 9.24. The molecule has 1 radical (unpaired) electrons. The van der Waals surface area contributed by atoms with Crippen molar-refractivity contribution in [2.45, 2.75) is 44.6 Å². The third-order valence-corrected chi connectivity index (χ3v) is 3.03. The van der Waals surface area contributed by atoms with Gasteiger partial charge in [-0.25, -0.2) is 0 Å². The van der Waals surface area contributed by atoms with Crippen LogP contribution in [0.4, 0.5) is 0 Å². The first-order chi connectivity index (χ1) is 7.34. The summed E-state index contributed by atoms with van der Waals surface area (Å²) in [6.45, 7) is 3.87. The second-order valence-corrected chi connectivity index (χ2v) is 4.38. The maximum Gasteiger partial charge on any atom is 0.119 e. The Morgan fingerprint density at radius 3 is 2.13 bits per heavy atom. The molecule has 0 N–H and O–H groups in total. The summed E-state index contributed by atoms with van der Waals surface area (Å²) in [6, 6.07) is 8.05. The van der Waals surface area contributed by atoms with Crippen molar-refractivity contribution < 1.29 is 4.74 Å². The summed E-state index contributed by atoms with van der Waals surface area (Å²) in [4.78, 5) is 0. The van der Waals surface area contributed by atoms with Gasteiger partial charge in [0.1, 0.15) is 5.75 Å². The normalized spacial score (nSPS) is 18.5. The summed E-state index contributed by atoms with van der Waals surface area (Å²) in [5, 5.41) is 0. The molecule has 0 spiro atoms. The van der Waals surface area contributed by atoms with E-state index in [1.54, 1.807) is 0 Å². The van der Waals surface area contributed by atoms with Crippen LogP contribution in [0.2, 0.25) is 0 Å². The molecule has 1 nitrogen and oxygen atoms in total. The highest BCUT2D eigenvalue weighted by Gasteiger charge is 2.13. The number of hydrogen-bond acceptors (Lipinski definition) is 1. The molecule has 0 unspecified atom stereocenters. The fraction of sp³-hybridized carbons (Fsp3) is 0.500. The highest BCUT2D eigenvalue weighted by atomic mass is 16.5. The SMILES string of the molecule is [CH2]c1ccc(OC2CCCCCC2)cc1. The van der Waals surface area contributed by atoms with E-state index in [0.29, 0.717) is 6.10 Å². The Morgan fingerprint density at radius 1 is 0.933 bits per heavy atom. The Kier molecular flexibility index (Phi) is 3.65. The molecule has 1 aromatic rings. The van der Waals surface area contributed by atoms with Crippen LogP contribution in [0.15, 0.2) is 24.3 Å². The lowest BCUT2D eigenvalue weighted by molar-refractivity contribution is 0.184. The highest BCUT2D eigenvalue weighted by molar-refractivity contribution is 5.28. The molecule has 2 rings (SSSR count). The predicted molar refractivity (Wildman–Crippen MR) is 63.0 cm³/mol. The zero-order valence-electron chi connectivity index (χ0n) is 9.24. The molecule has 0 saturated heterocycles. The lowest BCUT2D eigenvalue weighted by atomic mass is 10.1. The van der Waals surface area contributed by atoms with Gasteiger partial charge < -0.3 is 4.74 Å². The fourth-order valence-electron chi connectivity index (χ4n) is 2.12. The van der Waals surface area contributed by atoms with Crippen molar-refractivity contribution in [2.24, 2.45) is 0 Å².